The average molecular weight is 349 g/mol. The van der Waals surface area contributed by atoms with Crippen LogP contribution in [0, 0.1) is 0 Å². The van der Waals surface area contributed by atoms with Crippen LogP contribution >= 0.6 is 0 Å². The Morgan fingerprint density at radius 2 is 0.800 bits per heavy atom. The van der Waals surface area contributed by atoms with Gasteiger partial charge in [-0.1, -0.05) is 104 Å². The number of hydrogen-bond acceptors (Lipinski definition) is 2. The van der Waals surface area contributed by atoms with Crippen molar-refractivity contribution < 1.29 is 0 Å². The fraction of sp³-hybridized carbons (Fsp3) is 0.913. The van der Waals surface area contributed by atoms with Gasteiger partial charge >= 0.3 is 0 Å². The van der Waals surface area contributed by atoms with Crippen molar-refractivity contribution in [3.63, 3.8) is 0 Å². The minimum Gasteiger partial charge on any atom is -0.160 e. The predicted octanol–water partition coefficient (Wildman–Crippen LogP) is 8.25. The van der Waals surface area contributed by atoms with Gasteiger partial charge in [0.1, 0.15) is 0 Å². The molecule has 0 aromatic heterocycles. The Morgan fingerprint density at radius 1 is 0.480 bits per heavy atom. The third-order valence-electron chi connectivity index (χ3n) is 5.38. The molecule has 0 spiro atoms. The molecular weight excluding hydrogens is 304 g/mol. The summed E-state index contributed by atoms with van der Waals surface area (Å²) in [5.74, 6) is 0. The Labute approximate surface area is 158 Å². The molecule has 0 aliphatic carbocycles. The summed E-state index contributed by atoms with van der Waals surface area (Å²) in [4.78, 5) is 0. The van der Waals surface area contributed by atoms with E-state index in [0.717, 1.165) is 6.42 Å². The standard InChI is InChI=1S/C23H44N2/c1-3-5-7-9-11-13-15-17-19-22-21-23(25-24-22)20-18-16-14-12-10-8-6-4-2/h3-21H2,1-2H3. The number of rotatable bonds is 18. The molecule has 0 atom stereocenters. The summed E-state index contributed by atoms with van der Waals surface area (Å²) in [6, 6.07) is 0. The summed E-state index contributed by atoms with van der Waals surface area (Å²) in [7, 11) is 0. The molecule has 0 fully saturated rings. The molecule has 0 amide bonds. The van der Waals surface area contributed by atoms with E-state index >= 15 is 0 Å². The van der Waals surface area contributed by atoms with E-state index in [1.54, 1.807) is 0 Å². The van der Waals surface area contributed by atoms with Crippen LogP contribution in [-0.2, 0) is 0 Å². The fourth-order valence-electron chi connectivity index (χ4n) is 3.65. The molecule has 1 aliphatic heterocycles. The van der Waals surface area contributed by atoms with Gasteiger partial charge in [0.05, 0.1) is 0 Å². The lowest BCUT2D eigenvalue weighted by Gasteiger charge is -2.03. The summed E-state index contributed by atoms with van der Waals surface area (Å²) < 4.78 is 0. The maximum absolute atomic E-state index is 4.43. The van der Waals surface area contributed by atoms with Gasteiger partial charge in [0.2, 0.25) is 0 Å². The molecule has 25 heavy (non-hydrogen) atoms. The van der Waals surface area contributed by atoms with Crippen molar-refractivity contribution in [2.45, 2.75) is 136 Å². The molecule has 0 aromatic rings. The van der Waals surface area contributed by atoms with E-state index in [1.807, 2.05) is 0 Å². The summed E-state index contributed by atoms with van der Waals surface area (Å²) in [6.45, 7) is 4.57. The van der Waals surface area contributed by atoms with Crippen LogP contribution in [0.3, 0.4) is 0 Å². The van der Waals surface area contributed by atoms with Crippen molar-refractivity contribution >= 4 is 11.4 Å². The molecule has 0 aromatic carbocycles. The molecule has 0 radical (unpaired) electrons. The predicted molar refractivity (Wildman–Crippen MR) is 114 cm³/mol. The monoisotopic (exact) mass is 348 g/mol. The maximum atomic E-state index is 4.43. The van der Waals surface area contributed by atoms with Crippen LogP contribution in [0.15, 0.2) is 10.2 Å². The Hall–Kier alpha value is -0.660. The second kappa shape index (κ2) is 16.8. The Balaban J connectivity index is 1.85. The molecule has 0 saturated carbocycles. The zero-order valence-corrected chi connectivity index (χ0v) is 17.3. The number of unbranched alkanes of at least 4 members (excludes halogenated alkanes) is 14. The highest BCUT2D eigenvalue weighted by Crippen LogP contribution is 2.16. The Morgan fingerprint density at radius 3 is 1.16 bits per heavy atom. The number of nitrogens with zero attached hydrogens (tertiary/aromatic N) is 2. The van der Waals surface area contributed by atoms with Crippen LogP contribution in [-0.4, -0.2) is 11.4 Å². The molecule has 2 heteroatoms. The van der Waals surface area contributed by atoms with Crippen molar-refractivity contribution in [3.8, 4) is 0 Å². The Kier molecular flexibility index (Phi) is 15.0. The van der Waals surface area contributed by atoms with Crippen LogP contribution in [0.1, 0.15) is 136 Å². The lowest BCUT2D eigenvalue weighted by Crippen LogP contribution is -2.02. The second-order valence-electron chi connectivity index (χ2n) is 7.96. The molecule has 1 aliphatic rings. The first-order chi connectivity index (χ1) is 12.4. The minimum absolute atomic E-state index is 1.08. The lowest BCUT2D eigenvalue weighted by atomic mass is 10.0. The quantitative estimate of drug-likeness (QED) is 0.223. The summed E-state index contributed by atoms with van der Waals surface area (Å²) >= 11 is 0. The van der Waals surface area contributed by atoms with Gasteiger partial charge in [0.15, 0.2) is 0 Å². The van der Waals surface area contributed by atoms with Crippen molar-refractivity contribution in [2.75, 3.05) is 0 Å². The summed E-state index contributed by atoms with van der Waals surface area (Å²) in [5.41, 5.74) is 2.70. The highest BCUT2D eigenvalue weighted by Gasteiger charge is 2.11. The molecule has 0 N–H and O–H groups in total. The van der Waals surface area contributed by atoms with Gasteiger partial charge in [-0.2, -0.15) is 10.2 Å². The zero-order valence-electron chi connectivity index (χ0n) is 17.3. The summed E-state index contributed by atoms with van der Waals surface area (Å²) in [5, 5.41) is 8.86. The first-order valence-electron chi connectivity index (χ1n) is 11.5. The van der Waals surface area contributed by atoms with E-state index in [0.29, 0.717) is 0 Å². The van der Waals surface area contributed by atoms with Gasteiger partial charge in [-0.25, -0.2) is 0 Å². The average Bonchev–Trinajstić information content (AvgIpc) is 3.07. The van der Waals surface area contributed by atoms with Crippen molar-refractivity contribution in [3.05, 3.63) is 0 Å². The normalized spacial score (nSPS) is 14.0. The van der Waals surface area contributed by atoms with Crippen LogP contribution in [0.4, 0.5) is 0 Å². The van der Waals surface area contributed by atoms with Gasteiger partial charge in [-0.15, -0.1) is 0 Å². The van der Waals surface area contributed by atoms with Gasteiger partial charge in [0.25, 0.3) is 0 Å². The van der Waals surface area contributed by atoms with Crippen LogP contribution in [0.25, 0.3) is 0 Å². The van der Waals surface area contributed by atoms with Crippen molar-refractivity contribution in [2.24, 2.45) is 10.2 Å². The van der Waals surface area contributed by atoms with Gasteiger partial charge < -0.3 is 0 Å². The summed E-state index contributed by atoms with van der Waals surface area (Å²) in [6.07, 6.45) is 25.7. The van der Waals surface area contributed by atoms with Gasteiger partial charge in [0, 0.05) is 17.8 Å². The molecule has 0 bridgehead atoms. The molecule has 2 nitrogen and oxygen atoms in total. The smallest absolute Gasteiger partial charge is 0.0462 e. The first-order valence-corrected chi connectivity index (χ1v) is 11.5. The van der Waals surface area contributed by atoms with Gasteiger partial charge in [-0.05, 0) is 25.7 Å². The van der Waals surface area contributed by atoms with E-state index in [4.69, 9.17) is 0 Å². The number of hydrogen-bond donors (Lipinski definition) is 0. The SMILES string of the molecule is CCCCCCCCCCC1=NN=C(CCCCCCCCCC)C1. The van der Waals surface area contributed by atoms with E-state index in [-0.39, 0.29) is 0 Å². The highest BCUT2D eigenvalue weighted by atomic mass is 15.2. The van der Waals surface area contributed by atoms with Crippen LogP contribution in [0.5, 0.6) is 0 Å². The highest BCUT2D eigenvalue weighted by molar-refractivity contribution is 6.07. The van der Waals surface area contributed by atoms with E-state index in [9.17, 15) is 0 Å². The van der Waals surface area contributed by atoms with Crippen LogP contribution in [0.2, 0.25) is 0 Å². The molecule has 1 heterocycles. The molecular formula is C23H44N2. The second-order valence-corrected chi connectivity index (χ2v) is 7.96. The molecule has 0 unspecified atom stereocenters. The van der Waals surface area contributed by atoms with Crippen LogP contribution < -0.4 is 0 Å². The molecule has 146 valence electrons. The van der Waals surface area contributed by atoms with Crippen molar-refractivity contribution in [1.82, 2.24) is 0 Å². The van der Waals surface area contributed by atoms with Gasteiger partial charge in [-0.3, -0.25) is 0 Å². The molecule has 1 rings (SSSR count). The minimum atomic E-state index is 1.08. The molecule has 0 saturated heterocycles. The third kappa shape index (κ3) is 13.2. The largest absolute Gasteiger partial charge is 0.160 e. The van der Waals surface area contributed by atoms with E-state index < -0.39 is 0 Å². The topological polar surface area (TPSA) is 24.7 Å². The van der Waals surface area contributed by atoms with Crippen molar-refractivity contribution in [1.29, 1.82) is 0 Å². The fourth-order valence-corrected chi connectivity index (χ4v) is 3.65. The zero-order chi connectivity index (χ0) is 18.0. The maximum Gasteiger partial charge on any atom is 0.0462 e. The van der Waals surface area contributed by atoms with E-state index in [2.05, 4.69) is 24.1 Å². The third-order valence-corrected chi connectivity index (χ3v) is 5.38. The first kappa shape index (κ1) is 22.4. The lowest BCUT2D eigenvalue weighted by molar-refractivity contribution is 0.579. The van der Waals surface area contributed by atoms with E-state index in [1.165, 1.54) is 127 Å². The Bertz CT molecular complexity index is 323.